The average molecular weight is 363 g/mol. The Morgan fingerprint density at radius 1 is 1.08 bits per heavy atom. The van der Waals surface area contributed by atoms with Gasteiger partial charge in [0.25, 0.3) is 0 Å². The van der Waals surface area contributed by atoms with Gasteiger partial charge in [0, 0.05) is 12.2 Å². The summed E-state index contributed by atoms with van der Waals surface area (Å²) in [5.74, 6) is -1.90. The van der Waals surface area contributed by atoms with Crippen LogP contribution in [0.3, 0.4) is 0 Å². The van der Waals surface area contributed by atoms with Gasteiger partial charge in [0.05, 0.1) is 13.2 Å². The Labute approximate surface area is 149 Å². The van der Waals surface area contributed by atoms with Gasteiger partial charge in [0.1, 0.15) is 0 Å². The Bertz CT molecular complexity index is 782. The van der Waals surface area contributed by atoms with E-state index in [1.807, 2.05) is 0 Å². The first-order valence-electron chi connectivity index (χ1n) is 7.82. The van der Waals surface area contributed by atoms with Crippen molar-refractivity contribution in [1.82, 2.24) is 10.6 Å². The van der Waals surface area contributed by atoms with Gasteiger partial charge in [-0.3, -0.25) is 5.32 Å². The lowest BCUT2D eigenvalue weighted by atomic mass is 10.1. The van der Waals surface area contributed by atoms with Crippen molar-refractivity contribution in [2.45, 2.75) is 19.5 Å². The second-order valence-corrected chi connectivity index (χ2v) is 5.54. The molecule has 0 saturated heterocycles. The molecule has 138 valence electrons. The van der Waals surface area contributed by atoms with Crippen LogP contribution in [0, 0.1) is 11.6 Å². The molecule has 0 aliphatic rings. The molecule has 2 rings (SSSR count). The summed E-state index contributed by atoms with van der Waals surface area (Å²) in [5, 5.41) is 7.83. The standard InChI is InChI=1S/C18H19F2N3O3/c1-11(13-5-8-15(19)16(20)9-13)22-17(24)21-10-12-3-6-14(7-4-12)23-18(25)26-2/h3-9,11H,10H2,1-2H3,(H,23,25)(H2,21,22,24). The predicted octanol–water partition coefficient (Wildman–Crippen LogP) is 3.70. The number of carbonyl (C=O) groups excluding carboxylic acids is 2. The van der Waals surface area contributed by atoms with Crippen molar-refractivity contribution in [1.29, 1.82) is 0 Å². The highest BCUT2D eigenvalue weighted by atomic mass is 19.2. The summed E-state index contributed by atoms with van der Waals surface area (Å²) in [5.41, 5.74) is 1.84. The van der Waals surface area contributed by atoms with Gasteiger partial charge in [-0.1, -0.05) is 18.2 Å². The number of benzene rings is 2. The number of urea groups is 1. The molecule has 3 N–H and O–H groups in total. The van der Waals surface area contributed by atoms with Crippen LogP contribution in [-0.4, -0.2) is 19.2 Å². The van der Waals surface area contributed by atoms with Crippen LogP contribution in [0.5, 0.6) is 0 Å². The highest BCUT2D eigenvalue weighted by molar-refractivity contribution is 5.84. The van der Waals surface area contributed by atoms with E-state index in [0.29, 0.717) is 11.3 Å². The summed E-state index contributed by atoms with van der Waals surface area (Å²) >= 11 is 0. The molecule has 0 radical (unpaired) electrons. The van der Waals surface area contributed by atoms with Gasteiger partial charge in [-0.05, 0) is 42.3 Å². The van der Waals surface area contributed by atoms with Gasteiger partial charge in [-0.25, -0.2) is 18.4 Å². The first kappa shape index (κ1) is 19.2. The smallest absolute Gasteiger partial charge is 0.411 e. The molecule has 0 spiro atoms. The van der Waals surface area contributed by atoms with Crippen LogP contribution in [-0.2, 0) is 11.3 Å². The zero-order chi connectivity index (χ0) is 19.1. The van der Waals surface area contributed by atoms with E-state index in [9.17, 15) is 18.4 Å². The zero-order valence-corrected chi connectivity index (χ0v) is 14.3. The van der Waals surface area contributed by atoms with E-state index in [1.165, 1.54) is 13.2 Å². The molecule has 2 aromatic carbocycles. The maximum atomic E-state index is 13.2. The number of nitrogens with one attached hydrogen (secondary N) is 3. The molecule has 0 aliphatic carbocycles. The van der Waals surface area contributed by atoms with Crippen molar-refractivity contribution >= 4 is 17.8 Å². The summed E-state index contributed by atoms with van der Waals surface area (Å²) in [6.45, 7) is 1.92. The third-order valence-electron chi connectivity index (χ3n) is 3.63. The Kier molecular flexibility index (Phi) is 6.48. The lowest BCUT2D eigenvalue weighted by Crippen LogP contribution is -2.36. The first-order chi connectivity index (χ1) is 12.4. The van der Waals surface area contributed by atoms with Crippen molar-refractivity contribution in [2.24, 2.45) is 0 Å². The van der Waals surface area contributed by atoms with Crippen LogP contribution in [0.15, 0.2) is 42.5 Å². The minimum atomic E-state index is -0.961. The molecule has 0 heterocycles. The molecular weight excluding hydrogens is 344 g/mol. The second kappa shape index (κ2) is 8.80. The highest BCUT2D eigenvalue weighted by Crippen LogP contribution is 2.16. The number of rotatable bonds is 5. The molecule has 2 aromatic rings. The number of hydrogen-bond acceptors (Lipinski definition) is 3. The summed E-state index contributed by atoms with van der Waals surface area (Å²) < 4.78 is 30.7. The molecule has 6 nitrogen and oxygen atoms in total. The fourth-order valence-electron chi connectivity index (χ4n) is 2.17. The summed E-state index contributed by atoms with van der Waals surface area (Å²) in [7, 11) is 1.27. The fourth-order valence-corrected chi connectivity index (χ4v) is 2.17. The van der Waals surface area contributed by atoms with Crippen molar-refractivity contribution in [3.05, 3.63) is 65.2 Å². The Morgan fingerprint density at radius 2 is 1.77 bits per heavy atom. The molecular formula is C18H19F2N3O3. The average Bonchev–Trinajstić information content (AvgIpc) is 2.63. The van der Waals surface area contributed by atoms with Gasteiger partial charge in [-0.2, -0.15) is 0 Å². The Hall–Kier alpha value is -3.16. The normalized spacial score (nSPS) is 11.4. The van der Waals surface area contributed by atoms with E-state index in [0.717, 1.165) is 17.7 Å². The number of methoxy groups -OCH3 is 1. The van der Waals surface area contributed by atoms with Crippen LogP contribution in [0.2, 0.25) is 0 Å². The third kappa shape index (κ3) is 5.44. The van der Waals surface area contributed by atoms with E-state index in [-0.39, 0.29) is 6.54 Å². The second-order valence-electron chi connectivity index (χ2n) is 5.54. The molecule has 1 unspecified atom stereocenters. The summed E-state index contributed by atoms with van der Waals surface area (Å²) in [6.07, 6.45) is -0.568. The van der Waals surface area contributed by atoms with Crippen LogP contribution in [0.4, 0.5) is 24.1 Å². The van der Waals surface area contributed by atoms with E-state index >= 15 is 0 Å². The summed E-state index contributed by atoms with van der Waals surface area (Å²) in [4.78, 5) is 23.0. The zero-order valence-electron chi connectivity index (χ0n) is 14.3. The monoisotopic (exact) mass is 363 g/mol. The molecule has 0 aliphatic heterocycles. The molecule has 26 heavy (non-hydrogen) atoms. The van der Waals surface area contributed by atoms with Crippen molar-refractivity contribution in [2.75, 3.05) is 12.4 Å². The minimum Gasteiger partial charge on any atom is -0.453 e. The van der Waals surface area contributed by atoms with Gasteiger partial charge in [0.15, 0.2) is 11.6 Å². The lowest BCUT2D eigenvalue weighted by molar-refractivity contribution is 0.187. The van der Waals surface area contributed by atoms with Crippen molar-refractivity contribution < 1.29 is 23.1 Å². The first-order valence-corrected chi connectivity index (χ1v) is 7.82. The maximum absolute atomic E-state index is 13.2. The maximum Gasteiger partial charge on any atom is 0.411 e. The van der Waals surface area contributed by atoms with Crippen LogP contribution >= 0.6 is 0 Å². The van der Waals surface area contributed by atoms with Gasteiger partial charge in [0.2, 0.25) is 0 Å². The number of ether oxygens (including phenoxy) is 1. The lowest BCUT2D eigenvalue weighted by Gasteiger charge is -2.15. The molecule has 0 fully saturated rings. The van der Waals surface area contributed by atoms with Gasteiger partial charge < -0.3 is 15.4 Å². The number of carbonyl (C=O) groups is 2. The quantitative estimate of drug-likeness (QED) is 0.758. The van der Waals surface area contributed by atoms with E-state index in [2.05, 4.69) is 20.7 Å². The van der Waals surface area contributed by atoms with Gasteiger partial charge >= 0.3 is 12.1 Å². The van der Waals surface area contributed by atoms with Crippen LogP contribution in [0.1, 0.15) is 24.1 Å². The molecule has 1 atom stereocenters. The highest BCUT2D eigenvalue weighted by Gasteiger charge is 2.12. The molecule has 3 amide bonds. The third-order valence-corrected chi connectivity index (χ3v) is 3.63. The van der Waals surface area contributed by atoms with E-state index < -0.39 is 29.8 Å². The topological polar surface area (TPSA) is 79.5 Å². The van der Waals surface area contributed by atoms with Crippen molar-refractivity contribution in [3.8, 4) is 0 Å². The van der Waals surface area contributed by atoms with E-state index in [4.69, 9.17) is 0 Å². The molecule has 0 bridgehead atoms. The Balaban J connectivity index is 1.84. The molecule has 0 saturated carbocycles. The minimum absolute atomic E-state index is 0.259. The van der Waals surface area contributed by atoms with Crippen LogP contribution < -0.4 is 16.0 Å². The predicted molar refractivity (Wildman–Crippen MR) is 92.6 cm³/mol. The number of amides is 3. The van der Waals surface area contributed by atoms with Crippen LogP contribution in [0.25, 0.3) is 0 Å². The largest absolute Gasteiger partial charge is 0.453 e. The molecule has 8 heteroatoms. The van der Waals surface area contributed by atoms with Gasteiger partial charge in [-0.15, -0.1) is 0 Å². The van der Waals surface area contributed by atoms with E-state index in [1.54, 1.807) is 31.2 Å². The number of hydrogen-bond donors (Lipinski definition) is 3. The number of anilines is 1. The number of halogens is 2. The molecule has 0 aromatic heterocycles. The SMILES string of the molecule is COC(=O)Nc1ccc(CNC(=O)NC(C)c2ccc(F)c(F)c2)cc1. The Morgan fingerprint density at radius 3 is 2.38 bits per heavy atom. The summed E-state index contributed by atoms with van der Waals surface area (Å²) in [6, 6.07) is 9.38. The fraction of sp³-hybridized carbons (Fsp3) is 0.222. The van der Waals surface area contributed by atoms with Crippen molar-refractivity contribution in [3.63, 3.8) is 0 Å².